The van der Waals surface area contributed by atoms with Gasteiger partial charge in [0.15, 0.2) is 21.3 Å². The fraction of sp³-hybridized carbons (Fsp3) is 0.444. The minimum Gasteiger partial charge on any atom is -0.454 e. The van der Waals surface area contributed by atoms with Crippen molar-refractivity contribution in [2.45, 2.75) is 76.6 Å². The summed E-state index contributed by atoms with van der Waals surface area (Å²) in [6, 6.07) is 22.4. The van der Waals surface area contributed by atoms with Crippen molar-refractivity contribution in [3.8, 4) is 11.5 Å². The Labute approximate surface area is 283 Å². The minimum absolute atomic E-state index is 0.00607. The van der Waals surface area contributed by atoms with Crippen molar-refractivity contribution in [2.75, 3.05) is 25.6 Å². The van der Waals surface area contributed by atoms with Gasteiger partial charge in [0, 0.05) is 19.2 Å². The molecule has 12 heteroatoms. The topological polar surface area (TPSA) is 146 Å². The highest BCUT2D eigenvalue weighted by Crippen LogP contribution is 2.34. The van der Waals surface area contributed by atoms with Crippen molar-refractivity contribution < 1.29 is 32.6 Å². The van der Waals surface area contributed by atoms with Crippen LogP contribution < -0.4 is 25.5 Å². The highest BCUT2D eigenvalue weighted by Gasteiger charge is 2.39. The molecule has 0 radical (unpaired) electrons. The summed E-state index contributed by atoms with van der Waals surface area (Å²) in [5, 5.41) is 18.9. The van der Waals surface area contributed by atoms with Crippen molar-refractivity contribution in [3.05, 3.63) is 90.0 Å². The molecule has 0 aliphatic carbocycles. The lowest BCUT2D eigenvalue weighted by Gasteiger charge is -2.40. The van der Waals surface area contributed by atoms with Crippen LogP contribution >= 0.6 is 0 Å². The van der Waals surface area contributed by atoms with E-state index < -0.39 is 38.6 Å². The summed E-state index contributed by atoms with van der Waals surface area (Å²) in [7, 11) is -3.96. The van der Waals surface area contributed by atoms with E-state index in [4.69, 9.17) is 9.47 Å². The maximum absolute atomic E-state index is 14.4. The predicted molar refractivity (Wildman–Crippen MR) is 184 cm³/mol. The minimum atomic E-state index is -3.96. The van der Waals surface area contributed by atoms with Crippen LogP contribution in [0.5, 0.6) is 11.5 Å². The van der Waals surface area contributed by atoms with E-state index in [1.807, 2.05) is 88.4 Å². The highest BCUT2D eigenvalue weighted by atomic mass is 32.2. The third-order valence-corrected chi connectivity index (χ3v) is 10.1. The molecule has 1 unspecified atom stereocenters. The lowest BCUT2D eigenvalue weighted by Crippen LogP contribution is -2.63. The predicted octanol–water partition coefficient (Wildman–Crippen LogP) is 3.62. The van der Waals surface area contributed by atoms with Crippen LogP contribution in [0.3, 0.4) is 0 Å². The second-order valence-corrected chi connectivity index (χ2v) is 15.5. The zero-order valence-electron chi connectivity index (χ0n) is 28.4. The van der Waals surface area contributed by atoms with E-state index in [9.17, 15) is 23.1 Å². The van der Waals surface area contributed by atoms with Crippen molar-refractivity contribution in [1.29, 1.82) is 0 Å². The van der Waals surface area contributed by atoms with Gasteiger partial charge in [-0.15, -0.1) is 0 Å². The number of benzene rings is 3. The lowest BCUT2D eigenvalue weighted by molar-refractivity contribution is -0.146. The van der Waals surface area contributed by atoms with Crippen LogP contribution in [0, 0.1) is 5.41 Å². The number of rotatable bonds is 16. The van der Waals surface area contributed by atoms with E-state index in [1.165, 1.54) is 30.1 Å². The van der Waals surface area contributed by atoms with Crippen LogP contribution in [0.15, 0.2) is 83.8 Å². The summed E-state index contributed by atoms with van der Waals surface area (Å²) >= 11 is 0. The van der Waals surface area contributed by atoms with Gasteiger partial charge in [0.2, 0.25) is 12.7 Å². The zero-order valence-corrected chi connectivity index (χ0v) is 29.2. The summed E-state index contributed by atoms with van der Waals surface area (Å²) in [6.07, 6.45) is 1.05. The number of nitrogens with zero attached hydrogens (tertiary/aromatic N) is 1. The first-order valence-electron chi connectivity index (χ1n) is 16.2. The smallest absolute Gasteiger partial charge is 0.260 e. The molecule has 0 saturated heterocycles. The van der Waals surface area contributed by atoms with E-state index in [0.717, 1.165) is 11.1 Å². The van der Waals surface area contributed by atoms with E-state index in [-0.39, 0.29) is 36.7 Å². The number of carbonyl (C=O) groups excluding carboxylic acids is 2. The maximum Gasteiger partial charge on any atom is 0.260 e. The number of carbonyl (C=O) groups is 2. The monoisotopic (exact) mass is 680 g/mol. The van der Waals surface area contributed by atoms with Crippen LogP contribution in [-0.2, 0) is 32.4 Å². The van der Waals surface area contributed by atoms with E-state index in [2.05, 4.69) is 16.1 Å². The third-order valence-electron chi connectivity index (χ3n) is 8.10. The number of sulfone groups is 1. The Morgan fingerprint density at radius 1 is 0.917 bits per heavy atom. The van der Waals surface area contributed by atoms with E-state index in [1.54, 1.807) is 0 Å². The third kappa shape index (κ3) is 10.3. The number of amides is 2. The molecule has 260 valence electrons. The lowest BCUT2D eigenvalue weighted by atomic mass is 9.85. The average molecular weight is 681 g/mol. The maximum atomic E-state index is 14.4. The van der Waals surface area contributed by atoms with E-state index >= 15 is 0 Å². The molecule has 4 N–H and O–H groups in total. The van der Waals surface area contributed by atoms with Crippen LogP contribution in [0.4, 0.5) is 0 Å². The van der Waals surface area contributed by atoms with Crippen molar-refractivity contribution >= 4 is 21.7 Å². The fourth-order valence-corrected chi connectivity index (χ4v) is 7.13. The molecule has 1 aliphatic heterocycles. The Morgan fingerprint density at radius 3 is 2.17 bits per heavy atom. The molecular weight excluding hydrogens is 632 g/mol. The average Bonchev–Trinajstić information content (AvgIpc) is 3.51. The summed E-state index contributed by atoms with van der Waals surface area (Å²) in [5.74, 6) is -0.569. The summed E-state index contributed by atoms with van der Waals surface area (Å²) in [5.41, 5.74) is 2.67. The first-order chi connectivity index (χ1) is 22.7. The zero-order chi connectivity index (χ0) is 35.0. The van der Waals surface area contributed by atoms with Gasteiger partial charge in [0.25, 0.3) is 5.91 Å². The number of nitrogens with one attached hydrogen (secondary N) is 3. The van der Waals surface area contributed by atoms with Crippen LogP contribution in [0.1, 0.15) is 52.2 Å². The molecule has 0 saturated carbocycles. The van der Waals surface area contributed by atoms with Crippen molar-refractivity contribution in [2.24, 2.45) is 5.41 Å². The van der Waals surface area contributed by atoms with Gasteiger partial charge in [-0.05, 0) is 48.4 Å². The normalized spacial score (nSPS) is 15.3. The van der Waals surface area contributed by atoms with Gasteiger partial charge in [0.1, 0.15) is 6.04 Å². The largest absolute Gasteiger partial charge is 0.454 e. The second-order valence-electron chi connectivity index (χ2n) is 13.5. The molecule has 3 atom stereocenters. The van der Waals surface area contributed by atoms with Crippen LogP contribution in [-0.4, -0.2) is 73.7 Å². The molecule has 0 aromatic heterocycles. The molecule has 4 rings (SSSR count). The quantitative estimate of drug-likeness (QED) is 0.167. The van der Waals surface area contributed by atoms with Gasteiger partial charge in [-0.2, -0.15) is 0 Å². The number of aliphatic hydroxyl groups is 1. The molecule has 0 bridgehead atoms. The molecule has 0 spiro atoms. The SMILES string of the molecule is CC[C@@H](Cc1ccccc1)N(NC[C@@](C)(O)CS(=O)(=O)c1ccc2c(c1)OCO2)C(=O)C(NC(=O)CNCc1ccccc1)C(C)(C)C. The molecule has 11 nitrogen and oxygen atoms in total. The number of hydrogen-bond acceptors (Lipinski definition) is 9. The van der Waals surface area contributed by atoms with Crippen LogP contribution in [0.2, 0.25) is 0 Å². The number of fused-ring (bicyclic) bond motifs is 1. The molecule has 1 aliphatic rings. The highest BCUT2D eigenvalue weighted by molar-refractivity contribution is 7.91. The number of ether oxygens (including phenoxy) is 2. The summed E-state index contributed by atoms with van der Waals surface area (Å²) in [4.78, 5) is 27.6. The van der Waals surface area contributed by atoms with Gasteiger partial charge in [-0.1, -0.05) is 88.4 Å². The van der Waals surface area contributed by atoms with Gasteiger partial charge >= 0.3 is 0 Å². The first kappa shape index (κ1) is 36.9. The Hall–Kier alpha value is -3.97. The second kappa shape index (κ2) is 16.0. The molecule has 3 aromatic rings. The van der Waals surface area contributed by atoms with Crippen molar-refractivity contribution in [3.63, 3.8) is 0 Å². The molecule has 48 heavy (non-hydrogen) atoms. The molecule has 2 amide bonds. The Kier molecular flexibility index (Phi) is 12.2. The number of hydrazine groups is 1. The standard InChI is InChI=1S/C36H48N4O7S/c1-6-28(19-26-13-9-7-10-14-26)40(34(42)33(35(2,3)4)39-32(41)22-37-21-27-15-11-8-12-16-27)38-23-36(5,43)24-48(44,45)29-17-18-30-31(20-29)47-25-46-30/h7-18,20,28,33,37-38,43H,6,19,21-25H2,1-5H3,(H,39,41)/t28-,33?,36+/m0/s1. The Morgan fingerprint density at radius 2 is 1.54 bits per heavy atom. The summed E-state index contributed by atoms with van der Waals surface area (Å²) < 4.78 is 37.4. The Balaban J connectivity index is 1.52. The Bertz CT molecular complexity index is 1630. The van der Waals surface area contributed by atoms with Crippen LogP contribution in [0.25, 0.3) is 0 Å². The molecule has 1 heterocycles. The van der Waals surface area contributed by atoms with Gasteiger partial charge in [-0.3, -0.25) is 14.6 Å². The number of hydrogen-bond donors (Lipinski definition) is 4. The summed E-state index contributed by atoms with van der Waals surface area (Å²) in [6.45, 7) is 9.24. The van der Waals surface area contributed by atoms with Gasteiger partial charge in [0.05, 0.1) is 28.8 Å². The molecule has 0 fully saturated rings. The van der Waals surface area contributed by atoms with Gasteiger partial charge in [-0.25, -0.2) is 13.8 Å². The fourth-order valence-electron chi connectivity index (χ4n) is 5.48. The molecular formula is C36H48N4O7S. The first-order valence-corrected chi connectivity index (χ1v) is 17.8. The van der Waals surface area contributed by atoms with Gasteiger partial charge < -0.3 is 25.2 Å². The van der Waals surface area contributed by atoms with Crippen molar-refractivity contribution in [1.82, 2.24) is 21.1 Å². The molecule has 3 aromatic carbocycles. The van der Waals surface area contributed by atoms with E-state index in [0.29, 0.717) is 30.9 Å².